The maximum atomic E-state index is 12.7. The molecule has 3 N–H and O–H groups in total. The third-order valence-corrected chi connectivity index (χ3v) is 5.55. The highest BCUT2D eigenvalue weighted by Gasteiger charge is 2.12. The van der Waals surface area contributed by atoms with Crippen LogP contribution >= 0.6 is 0 Å². The summed E-state index contributed by atoms with van der Waals surface area (Å²) in [7, 11) is 1.60. The van der Waals surface area contributed by atoms with Crippen molar-refractivity contribution >= 4 is 22.6 Å². The molecule has 0 saturated heterocycles. The molecular formula is C27H23NO5. The van der Waals surface area contributed by atoms with Crippen LogP contribution in [0.5, 0.6) is 11.5 Å². The fraction of sp³-hybridized carbons (Fsp3) is 0.111. The van der Waals surface area contributed by atoms with E-state index in [1.807, 2.05) is 42.5 Å². The number of phenols is 1. The minimum absolute atomic E-state index is 0.111. The summed E-state index contributed by atoms with van der Waals surface area (Å²) in [6, 6.07) is 23.0. The van der Waals surface area contributed by atoms with Crippen LogP contribution in [0, 0.1) is 0 Å². The van der Waals surface area contributed by atoms with Crippen LogP contribution in [0.4, 0.5) is 0 Å². The van der Waals surface area contributed by atoms with Gasteiger partial charge in [-0.1, -0.05) is 42.5 Å². The smallest absolute Gasteiger partial charge is 0.335 e. The summed E-state index contributed by atoms with van der Waals surface area (Å²) >= 11 is 0. The van der Waals surface area contributed by atoms with Crippen LogP contribution in [0.2, 0.25) is 0 Å². The number of carboxylic acid groups (broad SMARTS) is 1. The van der Waals surface area contributed by atoms with Crippen molar-refractivity contribution in [3.05, 3.63) is 107 Å². The van der Waals surface area contributed by atoms with Crippen molar-refractivity contribution in [2.45, 2.75) is 13.0 Å². The first kappa shape index (κ1) is 21.9. The van der Waals surface area contributed by atoms with Gasteiger partial charge in [-0.2, -0.15) is 0 Å². The van der Waals surface area contributed by atoms with Gasteiger partial charge in [0.25, 0.3) is 5.91 Å². The lowest BCUT2D eigenvalue weighted by Gasteiger charge is -2.11. The van der Waals surface area contributed by atoms with Gasteiger partial charge in [-0.15, -0.1) is 0 Å². The largest absolute Gasteiger partial charge is 0.507 e. The van der Waals surface area contributed by atoms with Crippen molar-refractivity contribution in [1.29, 1.82) is 0 Å². The molecule has 0 aliphatic rings. The van der Waals surface area contributed by atoms with Gasteiger partial charge in [0.15, 0.2) is 0 Å². The number of fused-ring (bicyclic) bond motifs is 1. The number of aromatic carboxylic acids is 1. The summed E-state index contributed by atoms with van der Waals surface area (Å²) in [5, 5.41) is 24.2. The van der Waals surface area contributed by atoms with Crippen LogP contribution in [0.1, 0.15) is 37.4 Å². The van der Waals surface area contributed by atoms with E-state index < -0.39 is 5.97 Å². The van der Waals surface area contributed by atoms with Crippen LogP contribution in [-0.2, 0) is 13.0 Å². The molecule has 0 atom stereocenters. The molecular weight excluding hydrogens is 418 g/mol. The number of aromatic hydroxyl groups is 1. The second-order valence-electron chi connectivity index (χ2n) is 7.72. The van der Waals surface area contributed by atoms with Crippen molar-refractivity contribution in [3.8, 4) is 11.5 Å². The number of carbonyl (C=O) groups is 2. The maximum Gasteiger partial charge on any atom is 0.335 e. The molecule has 0 saturated carbocycles. The van der Waals surface area contributed by atoms with Gasteiger partial charge >= 0.3 is 5.97 Å². The third-order valence-electron chi connectivity index (χ3n) is 5.55. The molecule has 166 valence electrons. The number of nitrogens with one attached hydrogen (secondary N) is 1. The second-order valence-corrected chi connectivity index (χ2v) is 7.72. The maximum absolute atomic E-state index is 12.7. The lowest BCUT2D eigenvalue weighted by atomic mass is 9.98. The van der Waals surface area contributed by atoms with Crippen molar-refractivity contribution < 1.29 is 24.5 Å². The van der Waals surface area contributed by atoms with Gasteiger partial charge < -0.3 is 20.3 Å². The summed E-state index contributed by atoms with van der Waals surface area (Å²) in [6.45, 7) is 0.374. The fourth-order valence-corrected chi connectivity index (χ4v) is 3.65. The fourth-order valence-electron chi connectivity index (χ4n) is 3.65. The molecule has 0 unspecified atom stereocenters. The first-order chi connectivity index (χ1) is 15.9. The van der Waals surface area contributed by atoms with Crippen LogP contribution in [0.15, 0.2) is 78.9 Å². The summed E-state index contributed by atoms with van der Waals surface area (Å²) in [4.78, 5) is 23.7. The minimum Gasteiger partial charge on any atom is -0.507 e. The standard InChI is InChI=1S/C27H23NO5/c1-33-23-12-4-18(5-13-23)16-28-26(30)22-11-9-19-8-10-21(25(29)24(19)15-22)14-17-2-6-20(7-3-17)27(31)32/h2-13,15,29H,14,16H2,1H3,(H,28,30)(H,31,32). The molecule has 0 fully saturated rings. The summed E-state index contributed by atoms with van der Waals surface area (Å²) in [5.74, 6) is -0.349. The lowest BCUT2D eigenvalue weighted by Crippen LogP contribution is -2.22. The minimum atomic E-state index is -0.979. The van der Waals surface area contributed by atoms with E-state index in [-0.39, 0.29) is 17.2 Å². The Hall–Kier alpha value is -4.32. The Labute approximate surface area is 191 Å². The highest BCUT2D eigenvalue weighted by molar-refractivity contribution is 6.00. The average molecular weight is 441 g/mol. The van der Waals surface area contributed by atoms with E-state index in [1.165, 1.54) is 0 Å². The van der Waals surface area contributed by atoms with Gasteiger partial charge in [0.05, 0.1) is 12.7 Å². The van der Waals surface area contributed by atoms with E-state index in [1.54, 1.807) is 43.5 Å². The van der Waals surface area contributed by atoms with E-state index in [4.69, 9.17) is 9.84 Å². The molecule has 33 heavy (non-hydrogen) atoms. The number of hydrogen-bond donors (Lipinski definition) is 3. The molecule has 4 rings (SSSR count). The molecule has 4 aromatic carbocycles. The molecule has 6 nitrogen and oxygen atoms in total. The second kappa shape index (κ2) is 9.44. The number of methoxy groups -OCH3 is 1. The van der Waals surface area contributed by atoms with E-state index in [0.717, 1.165) is 22.3 Å². The SMILES string of the molecule is COc1ccc(CNC(=O)c2ccc3ccc(Cc4ccc(C(=O)O)cc4)c(O)c3c2)cc1. The number of rotatable bonds is 7. The molecule has 0 spiro atoms. The zero-order valence-electron chi connectivity index (χ0n) is 18.0. The molecule has 1 amide bonds. The van der Waals surface area contributed by atoms with Crippen LogP contribution in [-0.4, -0.2) is 29.2 Å². The van der Waals surface area contributed by atoms with E-state index in [2.05, 4.69) is 5.32 Å². The lowest BCUT2D eigenvalue weighted by molar-refractivity contribution is 0.0696. The van der Waals surface area contributed by atoms with Crippen molar-refractivity contribution in [3.63, 3.8) is 0 Å². The van der Waals surface area contributed by atoms with E-state index >= 15 is 0 Å². The summed E-state index contributed by atoms with van der Waals surface area (Å²) in [5.41, 5.74) is 3.19. The number of carboxylic acids is 1. The third kappa shape index (κ3) is 4.96. The van der Waals surface area contributed by atoms with E-state index in [0.29, 0.717) is 29.5 Å². The first-order valence-corrected chi connectivity index (χ1v) is 10.4. The Bertz CT molecular complexity index is 1310. The number of phenolic OH excluding ortho intramolecular Hbond substituents is 1. The molecule has 0 heterocycles. The Balaban J connectivity index is 1.52. The van der Waals surface area contributed by atoms with E-state index in [9.17, 15) is 14.7 Å². The monoisotopic (exact) mass is 441 g/mol. The van der Waals surface area contributed by atoms with Crippen molar-refractivity contribution in [2.75, 3.05) is 7.11 Å². The number of hydrogen-bond acceptors (Lipinski definition) is 4. The first-order valence-electron chi connectivity index (χ1n) is 10.4. The molecule has 0 aliphatic carbocycles. The predicted molar refractivity (Wildman–Crippen MR) is 126 cm³/mol. The molecule has 0 aliphatic heterocycles. The molecule has 0 radical (unpaired) electrons. The number of carbonyl (C=O) groups excluding carboxylic acids is 1. The Morgan fingerprint density at radius 2 is 1.48 bits per heavy atom. The average Bonchev–Trinajstić information content (AvgIpc) is 2.84. The zero-order chi connectivity index (χ0) is 23.4. The van der Waals surface area contributed by atoms with Crippen molar-refractivity contribution in [2.24, 2.45) is 0 Å². The van der Waals surface area contributed by atoms with Crippen molar-refractivity contribution in [1.82, 2.24) is 5.32 Å². The zero-order valence-corrected chi connectivity index (χ0v) is 18.0. The quantitative estimate of drug-likeness (QED) is 0.384. The topological polar surface area (TPSA) is 95.9 Å². The molecule has 6 heteroatoms. The number of ether oxygens (including phenoxy) is 1. The van der Waals surface area contributed by atoms with Gasteiger partial charge in [0.1, 0.15) is 11.5 Å². The van der Waals surface area contributed by atoms with Gasteiger partial charge in [-0.25, -0.2) is 4.79 Å². The van der Waals surface area contributed by atoms with Crippen LogP contribution in [0.25, 0.3) is 10.8 Å². The Kier molecular flexibility index (Phi) is 6.26. The van der Waals surface area contributed by atoms with Crippen LogP contribution < -0.4 is 10.1 Å². The predicted octanol–water partition coefficient (Wildman–Crippen LogP) is 4.77. The molecule has 0 bridgehead atoms. The van der Waals surface area contributed by atoms with Gasteiger partial charge in [0.2, 0.25) is 0 Å². The Morgan fingerprint density at radius 3 is 2.15 bits per heavy atom. The van der Waals surface area contributed by atoms with Gasteiger partial charge in [-0.05, 0) is 58.5 Å². The summed E-state index contributed by atoms with van der Waals surface area (Å²) in [6.07, 6.45) is 0.440. The molecule has 4 aromatic rings. The van der Waals surface area contributed by atoms with Gasteiger partial charge in [0, 0.05) is 23.9 Å². The normalized spacial score (nSPS) is 10.7. The molecule has 0 aromatic heterocycles. The number of amides is 1. The highest BCUT2D eigenvalue weighted by atomic mass is 16.5. The summed E-state index contributed by atoms with van der Waals surface area (Å²) < 4.78 is 5.14. The van der Waals surface area contributed by atoms with Crippen LogP contribution in [0.3, 0.4) is 0 Å². The number of benzene rings is 4. The Morgan fingerprint density at radius 1 is 0.848 bits per heavy atom. The van der Waals surface area contributed by atoms with Gasteiger partial charge in [-0.3, -0.25) is 4.79 Å². The highest BCUT2D eigenvalue weighted by Crippen LogP contribution is 2.31.